The molecule has 1 aliphatic heterocycles. The van der Waals surface area contributed by atoms with E-state index in [4.69, 9.17) is 4.52 Å². The number of hydrogen-bond acceptors (Lipinski definition) is 3. The van der Waals surface area contributed by atoms with Gasteiger partial charge in [-0.05, 0) is 25.2 Å². The van der Waals surface area contributed by atoms with Crippen molar-refractivity contribution in [2.75, 3.05) is 6.54 Å². The summed E-state index contributed by atoms with van der Waals surface area (Å²) < 4.78 is 5.22. The molecule has 1 aromatic rings. The minimum absolute atomic E-state index is 0.0556. The Morgan fingerprint density at radius 1 is 1.50 bits per heavy atom. The molecule has 2 aliphatic rings. The standard InChI is InChI=1S/C14H20N2O2/c1-9(2)13-7-12(15-18-13)14(17)16-8-10-4-3-5-11(16)6-10/h7,9-11H,3-6,8H2,1-2H3/t10-,11+/m0/s1. The summed E-state index contributed by atoms with van der Waals surface area (Å²) in [6.07, 6.45) is 4.86. The molecule has 0 spiro atoms. The van der Waals surface area contributed by atoms with Crippen molar-refractivity contribution in [3.63, 3.8) is 0 Å². The molecular formula is C14H20N2O2. The highest BCUT2D eigenvalue weighted by Gasteiger charge is 2.38. The molecule has 18 heavy (non-hydrogen) atoms. The first kappa shape index (κ1) is 11.8. The van der Waals surface area contributed by atoms with Gasteiger partial charge in [-0.1, -0.05) is 25.4 Å². The Hall–Kier alpha value is -1.32. The second kappa shape index (κ2) is 4.41. The third-order valence-corrected chi connectivity index (χ3v) is 4.23. The zero-order valence-corrected chi connectivity index (χ0v) is 11.1. The number of amides is 1. The van der Waals surface area contributed by atoms with Gasteiger partial charge in [-0.2, -0.15) is 0 Å². The quantitative estimate of drug-likeness (QED) is 0.808. The summed E-state index contributed by atoms with van der Waals surface area (Å²) in [6.45, 7) is 4.99. The van der Waals surface area contributed by atoms with Gasteiger partial charge in [-0.15, -0.1) is 0 Å². The molecule has 2 fully saturated rings. The number of rotatable bonds is 2. The van der Waals surface area contributed by atoms with Gasteiger partial charge in [0.25, 0.3) is 5.91 Å². The second-order valence-corrected chi connectivity index (χ2v) is 5.91. The molecule has 1 aromatic heterocycles. The van der Waals surface area contributed by atoms with E-state index in [-0.39, 0.29) is 11.8 Å². The molecule has 4 nitrogen and oxygen atoms in total. The van der Waals surface area contributed by atoms with Crippen LogP contribution in [0.2, 0.25) is 0 Å². The van der Waals surface area contributed by atoms with E-state index in [2.05, 4.69) is 5.16 Å². The van der Waals surface area contributed by atoms with E-state index in [1.807, 2.05) is 18.7 Å². The lowest BCUT2D eigenvalue weighted by Gasteiger charge is -2.23. The Kier molecular flexibility index (Phi) is 2.88. The normalized spacial score (nSPS) is 26.9. The van der Waals surface area contributed by atoms with Crippen LogP contribution in [0.1, 0.15) is 61.7 Å². The Balaban J connectivity index is 1.77. The first-order chi connectivity index (χ1) is 8.65. The van der Waals surface area contributed by atoms with E-state index < -0.39 is 0 Å². The van der Waals surface area contributed by atoms with Crippen molar-refractivity contribution in [1.29, 1.82) is 0 Å². The van der Waals surface area contributed by atoms with Gasteiger partial charge in [0, 0.05) is 24.6 Å². The molecule has 1 aliphatic carbocycles. The van der Waals surface area contributed by atoms with Crippen LogP contribution in [0, 0.1) is 5.92 Å². The van der Waals surface area contributed by atoms with E-state index in [9.17, 15) is 4.79 Å². The third-order valence-electron chi connectivity index (χ3n) is 4.23. The zero-order valence-electron chi connectivity index (χ0n) is 11.1. The average molecular weight is 248 g/mol. The van der Waals surface area contributed by atoms with E-state index in [1.54, 1.807) is 6.07 Å². The van der Waals surface area contributed by atoms with Gasteiger partial charge in [-0.3, -0.25) is 4.79 Å². The summed E-state index contributed by atoms with van der Waals surface area (Å²) in [5.41, 5.74) is 0.478. The van der Waals surface area contributed by atoms with Crippen LogP contribution in [-0.2, 0) is 0 Å². The first-order valence-corrected chi connectivity index (χ1v) is 6.92. The topological polar surface area (TPSA) is 46.3 Å². The number of fused-ring (bicyclic) bond motifs is 2. The third kappa shape index (κ3) is 1.93. The summed E-state index contributed by atoms with van der Waals surface area (Å²) in [6, 6.07) is 2.24. The van der Waals surface area contributed by atoms with Crippen molar-refractivity contribution in [3.8, 4) is 0 Å². The van der Waals surface area contributed by atoms with Crippen molar-refractivity contribution in [1.82, 2.24) is 10.1 Å². The number of carbonyl (C=O) groups is 1. The highest BCUT2D eigenvalue weighted by Crippen LogP contribution is 2.36. The predicted molar refractivity (Wildman–Crippen MR) is 67.4 cm³/mol. The van der Waals surface area contributed by atoms with Gasteiger partial charge in [0.15, 0.2) is 5.69 Å². The van der Waals surface area contributed by atoms with E-state index in [0.717, 1.165) is 18.7 Å². The summed E-state index contributed by atoms with van der Waals surface area (Å²) in [5.74, 6) is 1.83. The van der Waals surface area contributed by atoms with Gasteiger partial charge in [-0.25, -0.2) is 0 Å². The fraction of sp³-hybridized carbons (Fsp3) is 0.714. The molecular weight excluding hydrogens is 228 g/mol. The van der Waals surface area contributed by atoms with Crippen LogP contribution in [0.4, 0.5) is 0 Å². The van der Waals surface area contributed by atoms with Gasteiger partial charge < -0.3 is 9.42 Å². The smallest absolute Gasteiger partial charge is 0.276 e. The van der Waals surface area contributed by atoms with Crippen molar-refractivity contribution in [2.45, 2.75) is 51.5 Å². The monoisotopic (exact) mass is 248 g/mol. The summed E-state index contributed by atoms with van der Waals surface area (Å²) in [5, 5.41) is 3.93. The lowest BCUT2D eigenvalue weighted by Crippen LogP contribution is -2.35. The minimum Gasteiger partial charge on any atom is -0.360 e. The van der Waals surface area contributed by atoms with Crippen LogP contribution in [-0.4, -0.2) is 28.6 Å². The Bertz CT molecular complexity index is 452. The molecule has 4 heteroatoms. The Morgan fingerprint density at radius 2 is 2.33 bits per heavy atom. The van der Waals surface area contributed by atoms with Gasteiger partial charge >= 0.3 is 0 Å². The molecule has 2 heterocycles. The predicted octanol–water partition coefficient (Wildman–Crippen LogP) is 2.81. The maximum atomic E-state index is 12.4. The number of likely N-dealkylation sites (tertiary alicyclic amines) is 1. The zero-order chi connectivity index (χ0) is 12.7. The molecule has 3 rings (SSSR count). The van der Waals surface area contributed by atoms with Crippen molar-refractivity contribution in [3.05, 3.63) is 17.5 Å². The van der Waals surface area contributed by atoms with E-state index in [0.29, 0.717) is 17.7 Å². The van der Waals surface area contributed by atoms with Crippen LogP contribution in [0.5, 0.6) is 0 Å². The average Bonchev–Trinajstić information content (AvgIpc) is 2.94. The summed E-state index contributed by atoms with van der Waals surface area (Å²) in [7, 11) is 0. The maximum Gasteiger partial charge on any atom is 0.276 e. The molecule has 1 saturated heterocycles. The Labute approximate surface area is 107 Å². The van der Waals surface area contributed by atoms with Crippen molar-refractivity contribution < 1.29 is 9.32 Å². The fourth-order valence-electron chi connectivity index (χ4n) is 3.20. The number of nitrogens with zero attached hydrogens (tertiary/aromatic N) is 2. The molecule has 2 atom stereocenters. The van der Waals surface area contributed by atoms with E-state index in [1.165, 1.54) is 19.3 Å². The number of aromatic nitrogens is 1. The molecule has 0 aromatic carbocycles. The van der Waals surface area contributed by atoms with Crippen molar-refractivity contribution in [2.24, 2.45) is 5.92 Å². The fourth-order valence-corrected chi connectivity index (χ4v) is 3.20. The lowest BCUT2D eigenvalue weighted by atomic mass is 9.90. The molecule has 98 valence electrons. The van der Waals surface area contributed by atoms with Gasteiger partial charge in [0.1, 0.15) is 5.76 Å². The molecule has 0 radical (unpaired) electrons. The van der Waals surface area contributed by atoms with Crippen molar-refractivity contribution >= 4 is 5.91 Å². The van der Waals surface area contributed by atoms with Gasteiger partial charge in [0.05, 0.1) is 0 Å². The van der Waals surface area contributed by atoms with E-state index >= 15 is 0 Å². The van der Waals surface area contributed by atoms with Crippen LogP contribution in [0.15, 0.2) is 10.6 Å². The Morgan fingerprint density at radius 3 is 3.00 bits per heavy atom. The number of carbonyl (C=O) groups excluding carboxylic acids is 1. The molecule has 2 bridgehead atoms. The van der Waals surface area contributed by atoms with Crippen LogP contribution >= 0.6 is 0 Å². The highest BCUT2D eigenvalue weighted by molar-refractivity contribution is 5.92. The summed E-state index contributed by atoms with van der Waals surface area (Å²) >= 11 is 0. The molecule has 0 N–H and O–H groups in total. The minimum atomic E-state index is 0.0556. The number of hydrogen-bond donors (Lipinski definition) is 0. The summed E-state index contributed by atoms with van der Waals surface area (Å²) in [4.78, 5) is 14.4. The second-order valence-electron chi connectivity index (χ2n) is 5.91. The molecule has 1 amide bonds. The van der Waals surface area contributed by atoms with Crippen LogP contribution in [0.3, 0.4) is 0 Å². The molecule has 1 saturated carbocycles. The van der Waals surface area contributed by atoms with Crippen LogP contribution < -0.4 is 0 Å². The van der Waals surface area contributed by atoms with Gasteiger partial charge in [0.2, 0.25) is 0 Å². The first-order valence-electron chi connectivity index (χ1n) is 6.92. The SMILES string of the molecule is CC(C)c1cc(C(=O)N2C[C@H]3CCC[C@@H]2C3)no1. The molecule has 0 unspecified atom stereocenters. The van der Waals surface area contributed by atoms with Crippen LogP contribution in [0.25, 0.3) is 0 Å². The largest absolute Gasteiger partial charge is 0.360 e. The lowest BCUT2D eigenvalue weighted by molar-refractivity contribution is 0.0722. The maximum absolute atomic E-state index is 12.4. The highest BCUT2D eigenvalue weighted by atomic mass is 16.5.